The second kappa shape index (κ2) is 7.24. The van der Waals surface area contributed by atoms with E-state index in [1.807, 2.05) is 43.3 Å². The van der Waals surface area contributed by atoms with Gasteiger partial charge in [0.1, 0.15) is 5.75 Å². The number of nitrogens with one attached hydrogen (secondary N) is 1. The molecule has 0 saturated carbocycles. The van der Waals surface area contributed by atoms with Gasteiger partial charge >= 0.3 is 0 Å². The van der Waals surface area contributed by atoms with E-state index in [9.17, 15) is 4.79 Å². The van der Waals surface area contributed by atoms with E-state index < -0.39 is 0 Å². The molecule has 1 amide bonds. The van der Waals surface area contributed by atoms with Gasteiger partial charge < -0.3 is 10.1 Å². The predicted molar refractivity (Wildman–Crippen MR) is 82.8 cm³/mol. The fraction of sp³-hybridized carbons (Fsp3) is 0.176. The molecule has 108 valence electrons. The number of methoxy groups -OCH3 is 1. The minimum absolute atomic E-state index is 0.163. The number of rotatable bonds is 5. The molecule has 0 fully saturated rings. The molecule has 1 aromatic heterocycles. The molecule has 4 heteroatoms. The van der Waals surface area contributed by atoms with Gasteiger partial charge in [0.15, 0.2) is 0 Å². The van der Waals surface area contributed by atoms with Crippen LogP contribution in [-0.2, 0) is 11.3 Å². The highest BCUT2D eigenvalue weighted by Crippen LogP contribution is 2.20. The Labute approximate surface area is 124 Å². The summed E-state index contributed by atoms with van der Waals surface area (Å²) in [6.07, 6.45) is 4.95. The normalized spacial score (nSPS) is 10.6. The molecule has 1 N–H and O–H groups in total. The van der Waals surface area contributed by atoms with Gasteiger partial charge in [-0.05, 0) is 37.3 Å². The van der Waals surface area contributed by atoms with Crippen LogP contribution < -0.4 is 10.1 Å². The number of amides is 1. The van der Waals surface area contributed by atoms with E-state index in [0.717, 1.165) is 22.6 Å². The van der Waals surface area contributed by atoms with E-state index in [-0.39, 0.29) is 5.91 Å². The van der Waals surface area contributed by atoms with Crippen LogP contribution in [0.3, 0.4) is 0 Å². The van der Waals surface area contributed by atoms with Gasteiger partial charge in [-0.2, -0.15) is 0 Å². The van der Waals surface area contributed by atoms with Crippen LogP contribution in [0.1, 0.15) is 16.8 Å². The van der Waals surface area contributed by atoms with E-state index >= 15 is 0 Å². The Hall–Kier alpha value is -2.62. The topological polar surface area (TPSA) is 51.2 Å². The first-order valence-electron chi connectivity index (χ1n) is 6.69. The van der Waals surface area contributed by atoms with Gasteiger partial charge in [-0.15, -0.1) is 0 Å². The molecular weight excluding hydrogens is 264 g/mol. The maximum atomic E-state index is 11.8. The molecular formula is C17H18N2O2. The smallest absolute Gasteiger partial charge is 0.244 e. The highest BCUT2D eigenvalue weighted by atomic mass is 16.5. The first-order chi connectivity index (χ1) is 10.2. The summed E-state index contributed by atoms with van der Waals surface area (Å²) in [7, 11) is 1.61. The molecule has 1 aromatic carbocycles. The molecule has 21 heavy (non-hydrogen) atoms. The van der Waals surface area contributed by atoms with Gasteiger partial charge in [0.2, 0.25) is 5.91 Å². The lowest BCUT2D eigenvalue weighted by Crippen LogP contribution is -2.20. The van der Waals surface area contributed by atoms with Crippen LogP contribution in [-0.4, -0.2) is 18.0 Å². The van der Waals surface area contributed by atoms with E-state index in [4.69, 9.17) is 4.74 Å². The fourth-order valence-electron chi connectivity index (χ4n) is 1.89. The van der Waals surface area contributed by atoms with E-state index in [1.165, 1.54) is 6.08 Å². The summed E-state index contributed by atoms with van der Waals surface area (Å²) in [6, 6.07) is 11.4. The lowest BCUT2D eigenvalue weighted by molar-refractivity contribution is -0.116. The molecule has 0 bridgehead atoms. The zero-order chi connectivity index (χ0) is 15.1. The Morgan fingerprint density at radius 2 is 2.19 bits per heavy atom. The van der Waals surface area contributed by atoms with Crippen molar-refractivity contribution in [3.63, 3.8) is 0 Å². The molecule has 2 rings (SSSR count). The molecule has 0 aliphatic rings. The Balaban J connectivity index is 1.97. The van der Waals surface area contributed by atoms with Crippen molar-refractivity contribution in [1.29, 1.82) is 0 Å². The highest BCUT2D eigenvalue weighted by molar-refractivity contribution is 5.92. The van der Waals surface area contributed by atoms with Crippen molar-refractivity contribution in [2.75, 3.05) is 7.11 Å². The van der Waals surface area contributed by atoms with Crippen molar-refractivity contribution in [3.05, 3.63) is 65.5 Å². The summed E-state index contributed by atoms with van der Waals surface area (Å²) < 4.78 is 5.27. The first-order valence-corrected chi connectivity index (χ1v) is 6.69. The fourth-order valence-corrected chi connectivity index (χ4v) is 1.89. The number of hydrogen-bond donors (Lipinski definition) is 1. The van der Waals surface area contributed by atoms with Gasteiger partial charge in [0, 0.05) is 17.8 Å². The molecule has 0 unspecified atom stereocenters. The van der Waals surface area contributed by atoms with Crippen LogP contribution in [0.25, 0.3) is 6.08 Å². The van der Waals surface area contributed by atoms with Crippen LogP contribution in [0.5, 0.6) is 5.75 Å². The summed E-state index contributed by atoms with van der Waals surface area (Å²) in [5.74, 6) is 0.582. The number of aryl methyl sites for hydroxylation is 1. The summed E-state index contributed by atoms with van der Waals surface area (Å²) >= 11 is 0. The standard InChI is InChI=1S/C17H18N2O2/c1-13-6-8-16(21-2)14(11-13)7-9-17(20)19-12-15-5-3-4-10-18-15/h3-11H,12H2,1-2H3,(H,19,20)/b9-7+. The third kappa shape index (κ3) is 4.45. The van der Waals surface area contributed by atoms with Crippen LogP contribution in [0.15, 0.2) is 48.7 Å². The minimum Gasteiger partial charge on any atom is -0.496 e. The molecule has 4 nitrogen and oxygen atoms in total. The minimum atomic E-state index is -0.163. The third-order valence-electron chi connectivity index (χ3n) is 2.97. The van der Waals surface area contributed by atoms with E-state index in [2.05, 4.69) is 10.3 Å². The quantitative estimate of drug-likeness (QED) is 0.858. The summed E-state index contributed by atoms with van der Waals surface area (Å²) in [5.41, 5.74) is 2.82. The Bertz CT molecular complexity index is 636. The van der Waals surface area contributed by atoms with Crippen molar-refractivity contribution in [3.8, 4) is 5.75 Å². The molecule has 0 aliphatic carbocycles. The van der Waals surface area contributed by atoms with Gasteiger partial charge in [-0.1, -0.05) is 17.7 Å². The number of hydrogen-bond acceptors (Lipinski definition) is 3. The van der Waals surface area contributed by atoms with Crippen molar-refractivity contribution in [2.45, 2.75) is 13.5 Å². The maximum Gasteiger partial charge on any atom is 0.244 e. The molecule has 2 aromatic rings. The summed E-state index contributed by atoms with van der Waals surface area (Å²) in [5, 5.41) is 2.79. The highest BCUT2D eigenvalue weighted by Gasteiger charge is 2.01. The zero-order valence-corrected chi connectivity index (χ0v) is 12.2. The van der Waals surface area contributed by atoms with Crippen LogP contribution in [0.4, 0.5) is 0 Å². The van der Waals surface area contributed by atoms with Crippen molar-refractivity contribution < 1.29 is 9.53 Å². The average molecular weight is 282 g/mol. The molecule has 0 radical (unpaired) electrons. The van der Waals surface area contributed by atoms with Gasteiger partial charge in [0.05, 0.1) is 19.3 Å². The van der Waals surface area contributed by atoms with Crippen LogP contribution >= 0.6 is 0 Å². The molecule has 0 aliphatic heterocycles. The summed E-state index contributed by atoms with van der Waals surface area (Å²) in [4.78, 5) is 16.0. The molecule has 0 saturated heterocycles. The lowest BCUT2D eigenvalue weighted by atomic mass is 10.1. The largest absolute Gasteiger partial charge is 0.496 e. The van der Waals surface area contributed by atoms with Crippen LogP contribution in [0, 0.1) is 6.92 Å². The van der Waals surface area contributed by atoms with Gasteiger partial charge in [0.25, 0.3) is 0 Å². The number of aromatic nitrogens is 1. The number of pyridine rings is 1. The molecule has 0 spiro atoms. The SMILES string of the molecule is COc1ccc(C)cc1/C=C/C(=O)NCc1ccccn1. The van der Waals surface area contributed by atoms with E-state index in [0.29, 0.717) is 6.54 Å². The van der Waals surface area contributed by atoms with Crippen molar-refractivity contribution in [2.24, 2.45) is 0 Å². The predicted octanol–water partition coefficient (Wildman–Crippen LogP) is 2.73. The second-order valence-electron chi connectivity index (χ2n) is 4.62. The Morgan fingerprint density at radius 1 is 1.33 bits per heavy atom. The third-order valence-corrected chi connectivity index (χ3v) is 2.97. The lowest BCUT2D eigenvalue weighted by Gasteiger charge is -2.05. The van der Waals surface area contributed by atoms with Gasteiger partial charge in [-0.25, -0.2) is 0 Å². The zero-order valence-electron chi connectivity index (χ0n) is 12.2. The van der Waals surface area contributed by atoms with Crippen molar-refractivity contribution in [1.82, 2.24) is 10.3 Å². The Morgan fingerprint density at radius 3 is 2.90 bits per heavy atom. The number of benzene rings is 1. The van der Waals surface area contributed by atoms with Crippen LogP contribution in [0.2, 0.25) is 0 Å². The van der Waals surface area contributed by atoms with Gasteiger partial charge in [-0.3, -0.25) is 9.78 Å². The molecule has 0 atom stereocenters. The van der Waals surface area contributed by atoms with E-state index in [1.54, 1.807) is 19.4 Å². The number of nitrogens with zero attached hydrogens (tertiary/aromatic N) is 1. The monoisotopic (exact) mass is 282 g/mol. The summed E-state index contributed by atoms with van der Waals surface area (Å²) in [6.45, 7) is 2.41. The number of carbonyl (C=O) groups is 1. The van der Waals surface area contributed by atoms with Crippen molar-refractivity contribution >= 4 is 12.0 Å². The Kier molecular flexibility index (Phi) is 5.10. The first kappa shape index (κ1) is 14.8. The number of carbonyl (C=O) groups excluding carboxylic acids is 1. The average Bonchev–Trinajstić information content (AvgIpc) is 2.52. The molecule has 1 heterocycles. The maximum absolute atomic E-state index is 11.8. The number of ether oxygens (including phenoxy) is 1. The second-order valence-corrected chi connectivity index (χ2v) is 4.62.